The van der Waals surface area contributed by atoms with Crippen molar-refractivity contribution in [3.8, 4) is 0 Å². The number of ether oxygens (including phenoxy) is 1. The topological polar surface area (TPSA) is 67.6 Å². The predicted octanol–water partition coefficient (Wildman–Crippen LogP) is -0.193. The molecule has 0 aromatic rings. The van der Waals surface area contributed by atoms with E-state index < -0.39 is 0 Å². The van der Waals surface area contributed by atoms with Gasteiger partial charge in [-0.25, -0.2) is 0 Å². The molecule has 0 aliphatic heterocycles. The maximum Gasteiger partial charge on any atom is 0.235 e. The van der Waals surface area contributed by atoms with E-state index in [1.807, 2.05) is 13.8 Å². The van der Waals surface area contributed by atoms with Gasteiger partial charge in [0.05, 0.1) is 12.6 Å². The summed E-state index contributed by atoms with van der Waals surface area (Å²) in [6, 6.07) is -0.0459. The molecule has 0 radical (unpaired) electrons. The van der Waals surface area contributed by atoms with Crippen LogP contribution in [0, 0.1) is 0 Å². The number of hydrogen-bond donors (Lipinski definition) is 2. The normalized spacial score (nSPS) is 13.4. The Bertz CT molecular complexity index is 198. The molecule has 1 amide bonds. The van der Waals surface area contributed by atoms with Crippen LogP contribution in [-0.4, -0.2) is 56.2 Å². The summed E-state index contributed by atoms with van der Waals surface area (Å²) in [5, 5.41) is 3.16. The lowest BCUT2D eigenvalue weighted by atomic mass is 10.2. The van der Waals surface area contributed by atoms with Gasteiger partial charge in [0.1, 0.15) is 0 Å². The van der Waals surface area contributed by atoms with E-state index in [0.717, 1.165) is 13.1 Å². The van der Waals surface area contributed by atoms with Crippen LogP contribution in [0.3, 0.4) is 0 Å². The van der Waals surface area contributed by atoms with Crippen LogP contribution in [-0.2, 0) is 9.53 Å². The number of methoxy groups -OCH3 is 1. The molecule has 0 aromatic heterocycles. The first-order valence-corrected chi connectivity index (χ1v) is 5.77. The smallest absolute Gasteiger partial charge is 0.235 e. The summed E-state index contributed by atoms with van der Waals surface area (Å²) in [4.78, 5) is 13.4. The number of hydrogen-bond acceptors (Lipinski definition) is 4. The Hall–Kier alpha value is -0.650. The third-order valence-electron chi connectivity index (χ3n) is 2.38. The quantitative estimate of drug-likeness (QED) is 0.577. The van der Waals surface area contributed by atoms with Gasteiger partial charge in [0.2, 0.25) is 5.91 Å². The maximum atomic E-state index is 11.3. The van der Waals surface area contributed by atoms with Crippen molar-refractivity contribution in [2.45, 2.75) is 32.9 Å². The fourth-order valence-electron chi connectivity index (χ4n) is 1.48. The summed E-state index contributed by atoms with van der Waals surface area (Å²) < 4.78 is 5.02. The van der Waals surface area contributed by atoms with E-state index in [1.54, 1.807) is 7.11 Å². The number of rotatable bonds is 9. The Morgan fingerprint density at radius 2 is 2.12 bits per heavy atom. The Morgan fingerprint density at radius 3 is 2.50 bits per heavy atom. The van der Waals surface area contributed by atoms with Crippen molar-refractivity contribution in [2.75, 3.05) is 33.4 Å². The van der Waals surface area contributed by atoms with Gasteiger partial charge < -0.3 is 15.8 Å². The van der Waals surface area contributed by atoms with Crippen molar-refractivity contribution in [3.05, 3.63) is 0 Å². The highest BCUT2D eigenvalue weighted by molar-refractivity contribution is 5.80. The van der Waals surface area contributed by atoms with Crippen LogP contribution in [0.1, 0.15) is 20.8 Å². The molecule has 0 aliphatic rings. The lowest BCUT2D eigenvalue weighted by Gasteiger charge is -2.26. The minimum atomic E-state index is -0.301. The molecule has 0 spiro atoms. The van der Waals surface area contributed by atoms with E-state index in [1.165, 1.54) is 0 Å². The van der Waals surface area contributed by atoms with Gasteiger partial charge in [0, 0.05) is 26.2 Å². The van der Waals surface area contributed by atoms with Crippen LogP contribution < -0.4 is 11.1 Å². The molecule has 0 heterocycles. The van der Waals surface area contributed by atoms with Crippen molar-refractivity contribution in [3.63, 3.8) is 0 Å². The maximum absolute atomic E-state index is 11.3. The molecule has 0 saturated carbocycles. The average molecular weight is 231 g/mol. The third-order valence-corrected chi connectivity index (χ3v) is 2.38. The molecular weight excluding hydrogens is 206 g/mol. The molecule has 0 rings (SSSR count). The van der Waals surface area contributed by atoms with E-state index in [0.29, 0.717) is 13.2 Å². The van der Waals surface area contributed by atoms with E-state index in [-0.39, 0.29) is 18.0 Å². The summed E-state index contributed by atoms with van der Waals surface area (Å²) in [6.45, 7) is 9.06. The second kappa shape index (κ2) is 8.50. The minimum absolute atomic E-state index is 0.249. The zero-order chi connectivity index (χ0) is 12.6. The van der Waals surface area contributed by atoms with Gasteiger partial charge in [-0.1, -0.05) is 20.8 Å². The van der Waals surface area contributed by atoms with Crippen LogP contribution >= 0.6 is 0 Å². The van der Waals surface area contributed by atoms with Crippen molar-refractivity contribution in [2.24, 2.45) is 5.73 Å². The molecule has 0 fully saturated rings. The van der Waals surface area contributed by atoms with Crippen molar-refractivity contribution in [1.82, 2.24) is 10.2 Å². The first kappa shape index (κ1) is 15.3. The van der Waals surface area contributed by atoms with Crippen molar-refractivity contribution < 1.29 is 9.53 Å². The number of amides is 1. The molecule has 96 valence electrons. The lowest BCUT2D eigenvalue weighted by Crippen LogP contribution is -2.51. The monoisotopic (exact) mass is 231 g/mol. The molecule has 5 nitrogen and oxygen atoms in total. The summed E-state index contributed by atoms with van der Waals surface area (Å²) in [6.07, 6.45) is 0. The molecule has 0 saturated heterocycles. The van der Waals surface area contributed by atoms with Crippen LogP contribution in [0.5, 0.6) is 0 Å². The average Bonchev–Trinajstić information content (AvgIpc) is 2.21. The highest BCUT2D eigenvalue weighted by Crippen LogP contribution is 1.94. The minimum Gasteiger partial charge on any atom is -0.383 e. The first-order chi connectivity index (χ1) is 7.51. The fourth-order valence-corrected chi connectivity index (χ4v) is 1.48. The summed E-state index contributed by atoms with van der Waals surface area (Å²) >= 11 is 0. The molecule has 0 bridgehead atoms. The number of primary amides is 1. The second-order valence-corrected chi connectivity index (χ2v) is 4.16. The lowest BCUT2D eigenvalue weighted by molar-refractivity contribution is -0.120. The number of carbonyl (C=O) groups is 1. The van der Waals surface area contributed by atoms with Gasteiger partial charge in [0.15, 0.2) is 0 Å². The van der Waals surface area contributed by atoms with Gasteiger partial charge >= 0.3 is 0 Å². The first-order valence-electron chi connectivity index (χ1n) is 5.77. The van der Waals surface area contributed by atoms with E-state index >= 15 is 0 Å². The third kappa shape index (κ3) is 6.76. The molecular formula is C11H25N3O2. The van der Waals surface area contributed by atoms with Crippen LogP contribution in [0.25, 0.3) is 0 Å². The van der Waals surface area contributed by atoms with Gasteiger partial charge in [-0.15, -0.1) is 0 Å². The summed E-state index contributed by atoms with van der Waals surface area (Å²) in [5.74, 6) is -0.301. The van der Waals surface area contributed by atoms with Crippen LogP contribution in [0.4, 0.5) is 0 Å². The Balaban J connectivity index is 4.17. The molecule has 5 heteroatoms. The number of carbonyl (C=O) groups excluding carboxylic acids is 1. The Morgan fingerprint density at radius 1 is 1.50 bits per heavy atom. The van der Waals surface area contributed by atoms with Crippen molar-refractivity contribution in [1.29, 1.82) is 0 Å². The van der Waals surface area contributed by atoms with Gasteiger partial charge in [-0.2, -0.15) is 0 Å². The highest BCUT2D eigenvalue weighted by atomic mass is 16.5. The molecule has 0 aromatic carbocycles. The van der Waals surface area contributed by atoms with E-state index in [9.17, 15) is 4.79 Å². The fraction of sp³-hybridized carbons (Fsp3) is 0.909. The number of nitrogens with two attached hydrogens (primary N) is 1. The zero-order valence-corrected chi connectivity index (χ0v) is 10.8. The molecule has 1 unspecified atom stereocenters. The predicted molar refractivity (Wildman–Crippen MR) is 65.2 cm³/mol. The summed E-state index contributed by atoms with van der Waals surface area (Å²) in [7, 11) is 1.67. The highest BCUT2D eigenvalue weighted by Gasteiger charge is 2.18. The second-order valence-electron chi connectivity index (χ2n) is 4.16. The number of nitrogens with one attached hydrogen (secondary N) is 1. The Labute approximate surface area is 98.3 Å². The van der Waals surface area contributed by atoms with Gasteiger partial charge in [0.25, 0.3) is 0 Å². The Kier molecular flexibility index (Phi) is 8.15. The van der Waals surface area contributed by atoms with Crippen LogP contribution in [0.2, 0.25) is 0 Å². The standard InChI is InChI=1S/C11H25N3O2/c1-5-14(6-7-16-4)8-10(11(12)15)13-9(2)3/h9-10,13H,5-8H2,1-4H3,(H2,12,15). The molecule has 16 heavy (non-hydrogen) atoms. The van der Waals surface area contributed by atoms with E-state index in [2.05, 4.69) is 17.1 Å². The molecule has 1 atom stereocenters. The van der Waals surface area contributed by atoms with Crippen LogP contribution in [0.15, 0.2) is 0 Å². The number of likely N-dealkylation sites (N-methyl/N-ethyl adjacent to an activating group) is 1. The summed E-state index contributed by atoms with van der Waals surface area (Å²) in [5.41, 5.74) is 5.36. The molecule has 3 N–H and O–H groups in total. The largest absolute Gasteiger partial charge is 0.383 e. The zero-order valence-electron chi connectivity index (χ0n) is 10.8. The van der Waals surface area contributed by atoms with Gasteiger partial charge in [-0.3, -0.25) is 9.69 Å². The number of nitrogens with zero attached hydrogens (tertiary/aromatic N) is 1. The molecule has 0 aliphatic carbocycles. The van der Waals surface area contributed by atoms with E-state index in [4.69, 9.17) is 10.5 Å². The van der Waals surface area contributed by atoms with Crippen molar-refractivity contribution >= 4 is 5.91 Å². The van der Waals surface area contributed by atoms with Gasteiger partial charge in [-0.05, 0) is 6.54 Å². The SMILES string of the molecule is CCN(CCOC)CC(NC(C)C)C(N)=O.